The van der Waals surface area contributed by atoms with Crippen molar-refractivity contribution in [3.8, 4) is 0 Å². The monoisotopic (exact) mass is 264 g/mol. The minimum absolute atomic E-state index is 0.183. The summed E-state index contributed by atoms with van der Waals surface area (Å²) in [5.74, 6) is 1.96. The van der Waals surface area contributed by atoms with Crippen LogP contribution in [0.3, 0.4) is 0 Å². The van der Waals surface area contributed by atoms with Gasteiger partial charge in [0, 0.05) is 6.08 Å². The lowest BCUT2D eigenvalue weighted by Gasteiger charge is -2.46. The Morgan fingerprint density at radius 2 is 1.58 bits per heavy atom. The van der Waals surface area contributed by atoms with E-state index in [-0.39, 0.29) is 11.6 Å². The largest absolute Gasteiger partial charge is 0.456 e. The van der Waals surface area contributed by atoms with Gasteiger partial charge < -0.3 is 4.74 Å². The molecule has 108 valence electrons. The first-order valence-electron chi connectivity index (χ1n) is 7.91. The van der Waals surface area contributed by atoms with Crippen LogP contribution < -0.4 is 0 Å². The molecule has 0 atom stereocenters. The minimum atomic E-state index is -0.229. The zero-order chi connectivity index (χ0) is 13.9. The summed E-state index contributed by atoms with van der Waals surface area (Å²) in [4.78, 5) is 11.7. The van der Waals surface area contributed by atoms with Gasteiger partial charge in [-0.1, -0.05) is 33.3 Å². The van der Waals surface area contributed by atoms with Crippen molar-refractivity contribution in [1.29, 1.82) is 0 Å². The highest BCUT2D eigenvalue weighted by atomic mass is 16.6. The molecular formula is C17H28O2. The topological polar surface area (TPSA) is 26.3 Å². The van der Waals surface area contributed by atoms with Crippen LogP contribution in [-0.2, 0) is 9.53 Å². The Balaban J connectivity index is 2.09. The maximum Gasteiger partial charge on any atom is 0.330 e. The summed E-state index contributed by atoms with van der Waals surface area (Å²) in [5, 5.41) is 0. The molecule has 0 bridgehead atoms. The van der Waals surface area contributed by atoms with Crippen LogP contribution >= 0.6 is 0 Å². The van der Waals surface area contributed by atoms with Gasteiger partial charge in [-0.3, -0.25) is 0 Å². The van der Waals surface area contributed by atoms with Gasteiger partial charge in [0.25, 0.3) is 0 Å². The standard InChI is InChI=1S/C17H28O2/c1-4-16(18)19-17(11-9-14(3)10-12-17)15-7-5-13(2)6-8-15/h4,13-15H,1,5-12H2,2-3H3. The first-order valence-corrected chi connectivity index (χ1v) is 7.91. The van der Waals surface area contributed by atoms with Gasteiger partial charge in [-0.2, -0.15) is 0 Å². The molecule has 19 heavy (non-hydrogen) atoms. The first-order chi connectivity index (χ1) is 9.05. The Morgan fingerprint density at radius 1 is 1.05 bits per heavy atom. The highest BCUT2D eigenvalue weighted by Crippen LogP contribution is 2.46. The fourth-order valence-corrected chi connectivity index (χ4v) is 3.87. The van der Waals surface area contributed by atoms with Gasteiger partial charge in [-0.25, -0.2) is 4.79 Å². The molecule has 0 unspecified atom stereocenters. The van der Waals surface area contributed by atoms with Crippen molar-refractivity contribution in [2.45, 2.75) is 70.8 Å². The third kappa shape index (κ3) is 3.40. The molecule has 2 aliphatic carbocycles. The van der Waals surface area contributed by atoms with Crippen LogP contribution in [-0.4, -0.2) is 11.6 Å². The average Bonchev–Trinajstić information content (AvgIpc) is 2.42. The maximum atomic E-state index is 11.7. The number of esters is 1. The van der Waals surface area contributed by atoms with Crippen molar-refractivity contribution < 1.29 is 9.53 Å². The van der Waals surface area contributed by atoms with E-state index in [1.54, 1.807) is 0 Å². The predicted molar refractivity (Wildman–Crippen MR) is 77.8 cm³/mol. The Hall–Kier alpha value is -0.790. The normalized spacial score (nSPS) is 39.6. The highest BCUT2D eigenvalue weighted by molar-refractivity contribution is 5.81. The molecular weight excluding hydrogens is 236 g/mol. The Labute approximate surface area is 117 Å². The summed E-state index contributed by atoms with van der Waals surface area (Å²) >= 11 is 0. The second-order valence-corrected chi connectivity index (χ2v) is 6.83. The Kier molecular flexibility index (Phi) is 4.70. The quantitative estimate of drug-likeness (QED) is 0.554. The molecule has 0 aliphatic heterocycles. The molecule has 0 aromatic carbocycles. The van der Waals surface area contributed by atoms with Gasteiger partial charge in [0.15, 0.2) is 0 Å². The van der Waals surface area contributed by atoms with Gasteiger partial charge in [-0.15, -0.1) is 0 Å². The zero-order valence-electron chi connectivity index (χ0n) is 12.5. The average molecular weight is 264 g/mol. The smallest absolute Gasteiger partial charge is 0.330 e. The van der Waals surface area contributed by atoms with Gasteiger partial charge >= 0.3 is 5.97 Å². The summed E-state index contributed by atoms with van der Waals surface area (Å²) < 4.78 is 5.89. The maximum absolute atomic E-state index is 11.7. The van der Waals surface area contributed by atoms with E-state index >= 15 is 0 Å². The fraction of sp³-hybridized carbons (Fsp3) is 0.824. The lowest BCUT2D eigenvalue weighted by molar-refractivity contribution is -0.169. The van der Waals surface area contributed by atoms with Gasteiger partial charge in [0.1, 0.15) is 5.60 Å². The molecule has 2 nitrogen and oxygen atoms in total. The van der Waals surface area contributed by atoms with E-state index in [1.165, 1.54) is 44.6 Å². The van der Waals surface area contributed by atoms with E-state index in [0.29, 0.717) is 5.92 Å². The van der Waals surface area contributed by atoms with Crippen LogP contribution in [0.15, 0.2) is 12.7 Å². The van der Waals surface area contributed by atoms with E-state index in [0.717, 1.165) is 24.7 Å². The lowest BCUT2D eigenvalue weighted by Crippen LogP contribution is -2.46. The zero-order valence-corrected chi connectivity index (χ0v) is 12.5. The molecule has 0 spiro atoms. The number of hydrogen-bond acceptors (Lipinski definition) is 2. The number of carbonyl (C=O) groups is 1. The summed E-state index contributed by atoms with van der Waals surface area (Å²) in [6.07, 6.45) is 10.8. The molecule has 0 radical (unpaired) electrons. The molecule has 0 heterocycles. The van der Waals surface area contributed by atoms with Crippen molar-refractivity contribution in [2.75, 3.05) is 0 Å². The fourth-order valence-electron chi connectivity index (χ4n) is 3.87. The molecule has 2 saturated carbocycles. The summed E-state index contributed by atoms with van der Waals surface area (Å²) in [6.45, 7) is 8.20. The predicted octanol–water partition coefficient (Wildman–Crippen LogP) is 4.49. The molecule has 0 aromatic rings. The lowest BCUT2D eigenvalue weighted by atomic mass is 9.66. The van der Waals surface area contributed by atoms with Crippen LogP contribution in [0.4, 0.5) is 0 Å². The van der Waals surface area contributed by atoms with Crippen molar-refractivity contribution in [2.24, 2.45) is 17.8 Å². The van der Waals surface area contributed by atoms with E-state index in [4.69, 9.17) is 4.74 Å². The van der Waals surface area contributed by atoms with E-state index in [2.05, 4.69) is 20.4 Å². The van der Waals surface area contributed by atoms with Crippen molar-refractivity contribution in [3.63, 3.8) is 0 Å². The Morgan fingerprint density at radius 3 is 2.11 bits per heavy atom. The van der Waals surface area contributed by atoms with Crippen LogP contribution in [0.2, 0.25) is 0 Å². The summed E-state index contributed by atoms with van der Waals surface area (Å²) in [7, 11) is 0. The highest BCUT2D eigenvalue weighted by Gasteiger charge is 2.44. The summed E-state index contributed by atoms with van der Waals surface area (Å²) in [5.41, 5.74) is -0.183. The first kappa shape index (κ1) is 14.6. The Bertz CT molecular complexity index is 318. The number of ether oxygens (including phenoxy) is 1. The van der Waals surface area contributed by atoms with Crippen LogP contribution in [0.25, 0.3) is 0 Å². The molecule has 2 fully saturated rings. The SMILES string of the molecule is C=CC(=O)OC1(C2CCC(C)CC2)CCC(C)CC1. The molecule has 0 saturated heterocycles. The van der Waals surface area contributed by atoms with Crippen LogP contribution in [0, 0.1) is 17.8 Å². The van der Waals surface area contributed by atoms with Crippen LogP contribution in [0.1, 0.15) is 65.2 Å². The van der Waals surface area contributed by atoms with Gasteiger partial charge in [-0.05, 0) is 56.3 Å². The molecule has 0 amide bonds. The number of carbonyl (C=O) groups excluding carboxylic acids is 1. The third-order valence-corrected chi connectivity index (χ3v) is 5.35. The van der Waals surface area contributed by atoms with E-state index in [1.807, 2.05) is 0 Å². The second-order valence-electron chi connectivity index (χ2n) is 6.83. The van der Waals surface area contributed by atoms with Crippen LogP contribution in [0.5, 0.6) is 0 Å². The van der Waals surface area contributed by atoms with Crippen molar-refractivity contribution in [1.82, 2.24) is 0 Å². The molecule has 2 heteroatoms. The summed E-state index contributed by atoms with van der Waals surface area (Å²) in [6, 6.07) is 0. The van der Waals surface area contributed by atoms with Gasteiger partial charge in [0.05, 0.1) is 0 Å². The number of rotatable bonds is 3. The molecule has 2 rings (SSSR count). The molecule has 0 N–H and O–H groups in total. The van der Waals surface area contributed by atoms with Crippen molar-refractivity contribution >= 4 is 5.97 Å². The molecule has 0 aromatic heterocycles. The van der Waals surface area contributed by atoms with Gasteiger partial charge in [0.2, 0.25) is 0 Å². The molecule has 2 aliphatic rings. The van der Waals surface area contributed by atoms with Crippen molar-refractivity contribution in [3.05, 3.63) is 12.7 Å². The number of hydrogen-bond donors (Lipinski definition) is 0. The third-order valence-electron chi connectivity index (χ3n) is 5.35. The second kappa shape index (κ2) is 6.11. The van der Waals surface area contributed by atoms with E-state index < -0.39 is 0 Å². The minimum Gasteiger partial charge on any atom is -0.456 e. The van der Waals surface area contributed by atoms with E-state index in [9.17, 15) is 4.79 Å².